The van der Waals surface area contributed by atoms with E-state index in [0.29, 0.717) is 23.6 Å². The molecule has 1 amide bonds. The third-order valence-electron chi connectivity index (χ3n) is 2.48. The summed E-state index contributed by atoms with van der Waals surface area (Å²) in [6.45, 7) is 2.61. The SMILES string of the molecule is CCCNC(=O)C(Cl)c1ccc(OC)c(OC)c1. The first-order valence-electron chi connectivity index (χ1n) is 5.77. The highest BCUT2D eigenvalue weighted by molar-refractivity contribution is 6.30. The molecule has 1 rings (SSSR count). The van der Waals surface area contributed by atoms with Crippen molar-refractivity contribution >= 4 is 17.5 Å². The largest absolute Gasteiger partial charge is 0.493 e. The van der Waals surface area contributed by atoms with E-state index in [0.717, 1.165) is 6.42 Å². The summed E-state index contributed by atoms with van der Waals surface area (Å²) < 4.78 is 10.3. The Hall–Kier alpha value is -1.42. The summed E-state index contributed by atoms with van der Waals surface area (Å²) in [5, 5.41) is 2.03. The zero-order valence-corrected chi connectivity index (χ0v) is 11.6. The highest BCUT2D eigenvalue weighted by Crippen LogP contribution is 2.32. The molecule has 0 aliphatic carbocycles. The second kappa shape index (κ2) is 7.11. The van der Waals surface area contributed by atoms with Gasteiger partial charge in [-0.1, -0.05) is 13.0 Å². The minimum Gasteiger partial charge on any atom is -0.493 e. The van der Waals surface area contributed by atoms with Crippen LogP contribution < -0.4 is 14.8 Å². The third-order valence-corrected chi connectivity index (χ3v) is 2.93. The molecular formula is C13H18ClNO3. The van der Waals surface area contributed by atoms with Crippen LogP contribution >= 0.6 is 11.6 Å². The van der Waals surface area contributed by atoms with Crippen LogP contribution in [0.25, 0.3) is 0 Å². The molecule has 0 bridgehead atoms. The maximum absolute atomic E-state index is 11.7. The van der Waals surface area contributed by atoms with Gasteiger partial charge >= 0.3 is 0 Å². The molecule has 0 fully saturated rings. The second-order valence-electron chi connectivity index (χ2n) is 3.77. The van der Waals surface area contributed by atoms with Gasteiger partial charge in [0.1, 0.15) is 5.38 Å². The third kappa shape index (κ3) is 3.53. The molecule has 5 heteroatoms. The van der Waals surface area contributed by atoms with Crippen LogP contribution in [-0.2, 0) is 4.79 Å². The van der Waals surface area contributed by atoms with Gasteiger partial charge in [-0.3, -0.25) is 4.79 Å². The van der Waals surface area contributed by atoms with Crippen LogP contribution in [0.3, 0.4) is 0 Å². The Kier molecular flexibility index (Phi) is 5.78. The number of alkyl halides is 1. The summed E-state index contributed by atoms with van der Waals surface area (Å²) in [4.78, 5) is 11.7. The van der Waals surface area contributed by atoms with Gasteiger partial charge in [-0.05, 0) is 24.1 Å². The molecule has 18 heavy (non-hydrogen) atoms. The Morgan fingerprint density at radius 2 is 2.00 bits per heavy atom. The lowest BCUT2D eigenvalue weighted by atomic mass is 10.1. The molecule has 1 N–H and O–H groups in total. The van der Waals surface area contributed by atoms with Crippen molar-refractivity contribution in [1.29, 1.82) is 0 Å². The van der Waals surface area contributed by atoms with Crippen LogP contribution in [0.5, 0.6) is 11.5 Å². The Morgan fingerprint density at radius 3 is 2.56 bits per heavy atom. The van der Waals surface area contributed by atoms with E-state index in [9.17, 15) is 4.79 Å². The molecule has 0 aliphatic rings. The average molecular weight is 272 g/mol. The average Bonchev–Trinajstić information content (AvgIpc) is 2.42. The van der Waals surface area contributed by atoms with Gasteiger partial charge in [0.15, 0.2) is 11.5 Å². The summed E-state index contributed by atoms with van der Waals surface area (Å²) >= 11 is 6.11. The lowest BCUT2D eigenvalue weighted by molar-refractivity contribution is -0.120. The van der Waals surface area contributed by atoms with E-state index in [1.165, 1.54) is 0 Å². The minimum absolute atomic E-state index is 0.203. The van der Waals surface area contributed by atoms with Crippen molar-refractivity contribution in [2.75, 3.05) is 20.8 Å². The van der Waals surface area contributed by atoms with Gasteiger partial charge in [0.25, 0.3) is 0 Å². The maximum Gasteiger partial charge on any atom is 0.242 e. The molecule has 0 spiro atoms. The van der Waals surface area contributed by atoms with Crippen LogP contribution in [0.1, 0.15) is 24.3 Å². The van der Waals surface area contributed by atoms with Gasteiger partial charge < -0.3 is 14.8 Å². The standard InChI is InChI=1S/C13H18ClNO3/c1-4-7-15-13(16)12(14)9-5-6-10(17-2)11(8-9)18-3/h5-6,8,12H,4,7H2,1-3H3,(H,15,16). The molecule has 0 saturated carbocycles. The smallest absolute Gasteiger partial charge is 0.242 e. The van der Waals surface area contributed by atoms with E-state index >= 15 is 0 Å². The van der Waals surface area contributed by atoms with Gasteiger partial charge in [-0.2, -0.15) is 0 Å². The molecule has 0 aliphatic heterocycles. The number of halogens is 1. The van der Waals surface area contributed by atoms with E-state index in [-0.39, 0.29) is 5.91 Å². The highest BCUT2D eigenvalue weighted by Gasteiger charge is 2.18. The summed E-state index contributed by atoms with van der Waals surface area (Å²) in [6, 6.07) is 5.20. The quantitative estimate of drug-likeness (QED) is 0.809. The number of ether oxygens (including phenoxy) is 2. The fourth-order valence-electron chi connectivity index (χ4n) is 1.50. The first kappa shape index (κ1) is 14.6. The zero-order valence-electron chi connectivity index (χ0n) is 10.8. The Labute approximate surface area is 112 Å². The van der Waals surface area contributed by atoms with Crippen LogP contribution in [0.15, 0.2) is 18.2 Å². The molecule has 4 nitrogen and oxygen atoms in total. The fraction of sp³-hybridized carbons (Fsp3) is 0.462. The van der Waals surface area contributed by atoms with E-state index in [4.69, 9.17) is 21.1 Å². The highest BCUT2D eigenvalue weighted by atomic mass is 35.5. The second-order valence-corrected chi connectivity index (χ2v) is 4.20. The molecular weight excluding hydrogens is 254 g/mol. The zero-order chi connectivity index (χ0) is 13.5. The van der Waals surface area contributed by atoms with E-state index in [1.54, 1.807) is 32.4 Å². The molecule has 100 valence electrons. The summed E-state index contributed by atoms with van der Waals surface area (Å²) in [7, 11) is 3.10. The van der Waals surface area contributed by atoms with Crippen LogP contribution in [0.2, 0.25) is 0 Å². The molecule has 1 aromatic carbocycles. The van der Waals surface area contributed by atoms with E-state index in [2.05, 4.69) is 5.32 Å². The Bertz CT molecular complexity index is 409. The van der Waals surface area contributed by atoms with Gasteiger partial charge in [0.05, 0.1) is 14.2 Å². The van der Waals surface area contributed by atoms with Gasteiger partial charge in [-0.15, -0.1) is 11.6 Å². The van der Waals surface area contributed by atoms with Crippen molar-refractivity contribution in [2.45, 2.75) is 18.7 Å². The van der Waals surface area contributed by atoms with Crippen molar-refractivity contribution in [2.24, 2.45) is 0 Å². The van der Waals surface area contributed by atoms with Gasteiger partial charge in [0.2, 0.25) is 5.91 Å². The fourth-order valence-corrected chi connectivity index (χ4v) is 1.71. The van der Waals surface area contributed by atoms with Crippen LogP contribution in [0, 0.1) is 0 Å². The number of benzene rings is 1. The number of rotatable bonds is 6. The molecule has 1 unspecified atom stereocenters. The number of methoxy groups -OCH3 is 2. The number of hydrogen-bond donors (Lipinski definition) is 1. The van der Waals surface area contributed by atoms with Crippen LogP contribution in [0.4, 0.5) is 0 Å². The maximum atomic E-state index is 11.7. The predicted molar refractivity (Wildman–Crippen MR) is 71.4 cm³/mol. The Balaban J connectivity index is 2.85. The number of hydrogen-bond acceptors (Lipinski definition) is 3. The van der Waals surface area contributed by atoms with Crippen LogP contribution in [-0.4, -0.2) is 26.7 Å². The monoisotopic (exact) mass is 271 g/mol. The minimum atomic E-state index is -0.726. The van der Waals surface area contributed by atoms with E-state index in [1.807, 2.05) is 6.92 Å². The lowest BCUT2D eigenvalue weighted by Crippen LogP contribution is -2.27. The van der Waals surface area contributed by atoms with Crippen molar-refractivity contribution in [1.82, 2.24) is 5.32 Å². The summed E-state index contributed by atoms with van der Waals surface area (Å²) in [5.41, 5.74) is 0.683. The molecule has 1 atom stereocenters. The summed E-state index contributed by atoms with van der Waals surface area (Å²) in [5.74, 6) is 0.966. The van der Waals surface area contributed by atoms with Crippen molar-refractivity contribution in [3.8, 4) is 11.5 Å². The summed E-state index contributed by atoms with van der Waals surface area (Å²) in [6.07, 6.45) is 0.876. The van der Waals surface area contributed by atoms with Crippen molar-refractivity contribution in [3.63, 3.8) is 0 Å². The molecule has 0 aromatic heterocycles. The lowest BCUT2D eigenvalue weighted by Gasteiger charge is -2.13. The predicted octanol–water partition coefficient (Wildman–Crippen LogP) is 2.51. The number of carbonyl (C=O) groups is 1. The van der Waals surface area contributed by atoms with Crippen molar-refractivity contribution < 1.29 is 14.3 Å². The molecule has 0 saturated heterocycles. The molecule has 0 heterocycles. The van der Waals surface area contributed by atoms with Gasteiger partial charge in [0, 0.05) is 6.54 Å². The molecule has 1 aromatic rings. The number of amides is 1. The normalized spacial score (nSPS) is 11.8. The van der Waals surface area contributed by atoms with Crippen molar-refractivity contribution in [3.05, 3.63) is 23.8 Å². The first-order chi connectivity index (χ1) is 8.63. The first-order valence-corrected chi connectivity index (χ1v) is 6.21. The Morgan fingerprint density at radius 1 is 1.33 bits per heavy atom. The van der Waals surface area contributed by atoms with E-state index < -0.39 is 5.38 Å². The number of carbonyl (C=O) groups excluding carboxylic acids is 1. The topological polar surface area (TPSA) is 47.6 Å². The number of nitrogens with one attached hydrogen (secondary N) is 1. The molecule has 0 radical (unpaired) electrons. The van der Waals surface area contributed by atoms with Gasteiger partial charge in [-0.25, -0.2) is 0 Å².